The number of benzene rings is 1. The highest BCUT2D eigenvalue weighted by molar-refractivity contribution is 6.01. The van der Waals surface area contributed by atoms with Crippen molar-refractivity contribution in [3.63, 3.8) is 0 Å². The van der Waals surface area contributed by atoms with Gasteiger partial charge in [-0.3, -0.25) is 4.79 Å². The van der Waals surface area contributed by atoms with Crippen molar-refractivity contribution in [3.05, 3.63) is 41.5 Å². The van der Waals surface area contributed by atoms with E-state index in [-0.39, 0.29) is 18.0 Å². The summed E-state index contributed by atoms with van der Waals surface area (Å²) in [5.41, 5.74) is 6.40. The van der Waals surface area contributed by atoms with Crippen LogP contribution in [0.25, 0.3) is 0 Å². The average molecular weight is 234 g/mol. The van der Waals surface area contributed by atoms with Gasteiger partial charge in [0.15, 0.2) is 0 Å². The van der Waals surface area contributed by atoms with Crippen LogP contribution in [-0.2, 0) is 4.79 Å². The molecule has 0 aliphatic carbocycles. The normalized spacial score (nSPS) is 10.5. The molecule has 5 heteroatoms. The van der Waals surface area contributed by atoms with Gasteiger partial charge in [-0.15, -0.1) is 0 Å². The standard InChI is InChI=1S/C12H14N2O3/c1-8-9(12(16)17)4-2-5-10(8)14-11(15)6-3-7-13/h2-6H,7,13H2,1H3,(H,14,15)(H,16,17)/b6-3+. The SMILES string of the molecule is Cc1c(NC(=O)/C=C/CN)cccc1C(=O)O. The first-order valence-corrected chi connectivity index (χ1v) is 5.06. The largest absolute Gasteiger partial charge is 0.478 e. The fourth-order valence-corrected chi connectivity index (χ4v) is 1.35. The number of carbonyl (C=O) groups is 2. The molecule has 0 atom stereocenters. The number of rotatable bonds is 4. The van der Waals surface area contributed by atoms with Crippen molar-refractivity contribution in [3.8, 4) is 0 Å². The number of nitrogens with one attached hydrogen (secondary N) is 1. The Morgan fingerprint density at radius 1 is 1.47 bits per heavy atom. The molecule has 1 aromatic rings. The zero-order chi connectivity index (χ0) is 12.8. The van der Waals surface area contributed by atoms with E-state index in [9.17, 15) is 9.59 Å². The number of carboxylic acids is 1. The molecule has 0 spiro atoms. The van der Waals surface area contributed by atoms with Crippen LogP contribution in [0.1, 0.15) is 15.9 Å². The second-order valence-electron chi connectivity index (χ2n) is 3.41. The molecule has 0 heterocycles. The van der Waals surface area contributed by atoms with Crippen molar-refractivity contribution in [1.82, 2.24) is 0 Å². The monoisotopic (exact) mass is 234 g/mol. The molecule has 5 nitrogen and oxygen atoms in total. The topological polar surface area (TPSA) is 92.4 Å². The van der Waals surface area contributed by atoms with Crippen LogP contribution in [0.3, 0.4) is 0 Å². The molecule has 0 aromatic heterocycles. The lowest BCUT2D eigenvalue weighted by Gasteiger charge is -2.08. The van der Waals surface area contributed by atoms with E-state index in [2.05, 4.69) is 5.32 Å². The Bertz CT molecular complexity index is 467. The van der Waals surface area contributed by atoms with Crippen LogP contribution >= 0.6 is 0 Å². The third-order valence-electron chi connectivity index (χ3n) is 2.23. The van der Waals surface area contributed by atoms with E-state index in [4.69, 9.17) is 10.8 Å². The molecule has 0 radical (unpaired) electrons. The molecule has 0 saturated heterocycles. The third-order valence-corrected chi connectivity index (χ3v) is 2.23. The first-order valence-electron chi connectivity index (χ1n) is 5.06. The molecule has 0 unspecified atom stereocenters. The molecule has 0 aliphatic heterocycles. The molecule has 90 valence electrons. The van der Waals surface area contributed by atoms with Crippen molar-refractivity contribution in [2.24, 2.45) is 5.73 Å². The highest BCUT2D eigenvalue weighted by Gasteiger charge is 2.10. The van der Waals surface area contributed by atoms with Gasteiger partial charge in [-0.2, -0.15) is 0 Å². The second kappa shape index (κ2) is 5.81. The van der Waals surface area contributed by atoms with E-state index in [1.807, 2.05) is 0 Å². The Hall–Kier alpha value is -2.14. The Morgan fingerprint density at radius 2 is 2.18 bits per heavy atom. The zero-order valence-electron chi connectivity index (χ0n) is 9.43. The summed E-state index contributed by atoms with van der Waals surface area (Å²) in [7, 11) is 0. The van der Waals surface area contributed by atoms with Gasteiger partial charge in [0.25, 0.3) is 0 Å². The highest BCUT2D eigenvalue weighted by atomic mass is 16.4. The number of carbonyl (C=O) groups excluding carboxylic acids is 1. The van der Waals surface area contributed by atoms with Crippen molar-refractivity contribution in [1.29, 1.82) is 0 Å². The highest BCUT2D eigenvalue weighted by Crippen LogP contribution is 2.18. The lowest BCUT2D eigenvalue weighted by Crippen LogP contribution is -2.11. The smallest absolute Gasteiger partial charge is 0.336 e. The fraction of sp³-hybridized carbons (Fsp3) is 0.167. The van der Waals surface area contributed by atoms with E-state index in [1.165, 1.54) is 18.2 Å². The van der Waals surface area contributed by atoms with Gasteiger partial charge in [-0.05, 0) is 24.6 Å². The minimum atomic E-state index is -1.02. The molecule has 1 amide bonds. The minimum Gasteiger partial charge on any atom is -0.478 e. The second-order valence-corrected chi connectivity index (χ2v) is 3.41. The average Bonchev–Trinajstić information content (AvgIpc) is 2.28. The van der Waals surface area contributed by atoms with Crippen molar-refractivity contribution in [2.45, 2.75) is 6.92 Å². The Kier molecular flexibility index (Phi) is 4.42. The number of hydrogen-bond donors (Lipinski definition) is 3. The molecule has 0 fully saturated rings. The third kappa shape index (κ3) is 3.42. The lowest BCUT2D eigenvalue weighted by molar-refractivity contribution is -0.111. The predicted octanol–water partition coefficient (Wildman–Crippen LogP) is 1.15. The van der Waals surface area contributed by atoms with E-state index in [1.54, 1.807) is 19.1 Å². The van der Waals surface area contributed by atoms with Gasteiger partial charge in [0.05, 0.1) is 5.56 Å². The summed E-state index contributed by atoms with van der Waals surface area (Å²) in [5.74, 6) is -1.35. The number of amides is 1. The van der Waals surface area contributed by atoms with E-state index in [0.717, 1.165) is 0 Å². The number of nitrogens with two attached hydrogens (primary N) is 1. The Balaban J connectivity index is 2.92. The predicted molar refractivity (Wildman–Crippen MR) is 65.0 cm³/mol. The van der Waals surface area contributed by atoms with Crippen LogP contribution in [0, 0.1) is 6.92 Å². The van der Waals surface area contributed by atoms with E-state index in [0.29, 0.717) is 11.3 Å². The molecule has 0 bridgehead atoms. The summed E-state index contributed by atoms with van der Waals surface area (Å²) in [6.45, 7) is 1.92. The molecule has 4 N–H and O–H groups in total. The molecule has 1 rings (SSSR count). The summed E-state index contributed by atoms with van der Waals surface area (Å²) < 4.78 is 0. The van der Waals surface area contributed by atoms with Gasteiger partial charge in [-0.1, -0.05) is 12.1 Å². The molecule has 1 aromatic carbocycles. The Morgan fingerprint density at radius 3 is 2.76 bits per heavy atom. The molecule has 0 aliphatic rings. The summed E-state index contributed by atoms with van der Waals surface area (Å²) in [6.07, 6.45) is 2.83. The van der Waals surface area contributed by atoms with Gasteiger partial charge < -0.3 is 16.2 Å². The summed E-state index contributed by atoms with van der Waals surface area (Å²) in [6, 6.07) is 4.72. The van der Waals surface area contributed by atoms with Crippen LogP contribution in [0.5, 0.6) is 0 Å². The van der Waals surface area contributed by atoms with Crippen LogP contribution in [0.4, 0.5) is 5.69 Å². The van der Waals surface area contributed by atoms with E-state index < -0.39 is 5.97 Å². The number of hydrogen-bond acceptors (Lipinski definition) is 3. The van der Waals surface area contributed by atoms with Gasteiger partial charge >= 0.3 is 5.97 Å². The molecule has 17 heavy (non-hydrogen) atoms. The lowest BCUT2D eigenvalue weighted by atomic mass is 10.1. The van der Waals surface area contributed by atoms with Crippen LogP contribution in [0.15, 0.2) is 30.4 Å². The summed E-state index contributed by atoms with van der Waals surface area (Å²) in [5, 5.41) is 11.5. The quantitative estimate of drug-likeness (QED) is 0.681. The molecule has 0 saturated carbocycles. The van der Waals surface area contributed by atoms with Gasteiger partial charge in [0, 0.05) is 18.3 Å². The number of anilines is 1. The first-order chi connectivity index (χ1) is 8.06. The van der Waals surface area contributed by atoms with Crippen molar-refractivity contribution >= 4 is 17.6 Å². The molecular formula is C12H14N2O3. The maximum absolute atomic E-state index is 11.4. The fourth-order valence-electron chi connectivity index (χ4n) is 1.35. The van der Waals surface area contributed by atoms with Crippen LogP contribution in [0.2, 0.25) is 0 Å². The number of aromatic carboxylic acids is 1. The zero-order valence-corrected chi connectivity index (χ0v) is 9.43. The Labute approximate surface area is 98.9 Å². The van der Waals surface area contributed by atoms with Crippen LogP contribution in [-0.4, -0.2) is 23.5 Å². The minimum absolute atomic E-state index is 0.172. The maximum Gasteiger partial charge on any atom is 0.336 e. The van der Waals surface area contributed by atoms with E-state index >= 15 is 0 Å². The van der Waals surface area contributed by atoms with Crippen molar-refractivity contribution in [2.75, 3.05) is 11.9 Å². The van der Waals surface area contributed by atoms with Crippen molar-refractivity contribution < 1.29 is 14.7 Å². The van der Waals surface area contributed by atoms with Crippen LogP contribution < -0.4 is 11.1 Å². The maximum atomic E-state index is 11.4. The van der Waals surface area contributed by atoms with Gasteiger partial charge in [-0.25, -0.2) is 4.79 Å². The summed E-state index contributed by atoms with van der Waals surface area (Å²) >= 11 is 0. The van der Waals surface area contributed by atoms with Gasteiger partial charge in [0.2, 0.25) is 5.91 Å². The number of carboxylic acid groups (broad SMARTS) is 1. The first kappa shape index (κ1) is 12.9. The van der Waals surface area contributed by atoms with Gasteiger partial charge in [0.1, 0.15) is 0 Å². The summed E-state index contributed by atoms with van der Waals surface area (Å²) in [4.78, 5) is 22.3. The molecular weight excluding hydrogens is 220 g/mol.